The quantitative estimate of drug-likeness (QED) is 0.862. The van der Waals surface area contributed by atoms with E-state index in [0.717, 1.165) is 37.4 Å². The van der Waals surface area contributed by atoms with Gasteiger partial charge in [-0.1, -0.05) is 37.5 Å². The molecule has 2 aliphatic rings. The van der Waals surface area contributed by atoms with Crippen LogP contribution in [0.5, 0.6) is 0 Å². The molecule has 1 atom stereocenters. The zero-order chi connectivity index (χ0) is 17.8. The molecule has 1 aliphatic carbocycles. The van der Waals surface area contributed by atoms with Crippen LogP contribution in [0.3, 0.4) is 0 Å². The van der Waals surface area contributed by atoms with Gasteiger partial charge in [0, 0.05) is 19.1 Å². The summed E-state index contributed by atoms with van der Waals surface area (Å²) in [6.07, 6.45) is 6.78. The fraction of sp³-hybridized carbons (Fsp3) is 0.765. The number of amides is 2. The zero-order valence-corrected chi connectivity index (χ0v) is 15.8. The number of piperazine rings is 1. The number of aryl methyl sites for hydroxylation is 1. The van der Waals surface area contributed by atoms with Gasteiger partial charge in [-0.05, 0) is 26.2 Å². The Balaban J connectivity index is 1.53. The van der Waals surface area contributed by atoms with Gasteiger partial charge >= 0.3 is 0 Å². The van der Waals surface area contributed by atoms with Crippen LogP contribution in [-0.2, 0) is 16.0 Å². The number of nitrogens with zero attached hydrogens (tertiary/aromatic N) is 4. The molecule has 2 heterocycles. The van der Waals surface area contributed by atoms with Gasteiger partial charge in [0.2, 0.25) is 16.9 Å². The highest BCUT2D eigenvalue weighted by molar-refractivity contribution is 7.15. The molecule has 8 heteroatoms. The molecule has 25 heavy (non-hydrogen) atoms. The van der Waals surface area contributed by atoms with Crippen LogP contribution in [0.2, 0.25) is 0 Å². The molecule has 1 saturated carbocycles. The van der Waals surface area contributed by atoms with Crippen molar-refractivity contribution in [2.45, 2.75) is 64.5 Å². The second kappa shape index (κ2) is 8.23. The Labute approximate surface area is 152 Å². The van der Waals surface area contributed by atoms with Crippen LogP contribution in [0, 0.1) is 0 Å². The van der Waals surface area contributed by atoms with Gasteiger partial charge in [0.1, 0.15) is 5.01 Å². The molecule has 7 nitrogen and oxygen atoms in total. The summed E-state index contributed by atoms with van der Waals surface area (Å²) in [6, 6.07) is 0.0489. The number of hydrogen-bond acceptors (Lipinski definition) is 6. The van der Waals surface area contributed by atoms with Crippen molar-refractivity contribution in [2.75, 3.05) is 25.0 Å². The first kappa shape index (κ1) is 18.3. The van der Waals surface area contributed by atoms with Crippen LogP contribution in [-0.4, -0.2) is 63.5 Å². The van der Waals surface area contributed by atoms with Crippen molar-refractivity contribution < 1.29 is 9.59 Å². The summed E-state index contributed by atoms with van der Waals surface area (Å²) < 4.78 is 0. The maximum absolute atomic E-state index is 12.6. The van der Waals surface area contributed by atoms with E-state index in [1.54, 1.807) is 0 Å². The third-order valence-electron chi connectivity index (χ3n) is 5.23. The highest BCUT2D eigenvalue weighted by atomic mass is 32.1. The van der Waals surface area contributed by atoms with Crippen LogP contribution in [0.4, 0.5) is 5.13 Å². The molecule has 0 spiro atoms. The molecular weight excluding hydrogens is 338 g/mol. The number of aromatic nitrogens is 2. The summed E-state index contributed by atoms with van der Waals surface area (Å²) in [5.41, 5.74) is 0. The van der Waals surface area contributed by atoms with Crippen LogP contribution >= 0.6 is 11.3 Å². The topological polar surface area (TPSA) is 78.4 Å². The average molecular weight is 366 g/mol. The molecule has 1 saturated heterocycles. The van der Waals surface area contributed by atoms with Gasteiger partial charge < -0.3 is 4.90 Å². The second-order valence-electron chi connectivity index (χ2n) is 6.87. The Morgan fingerprint density at radius 2 is 2.04 bits per heavy atom. The molecule has 0 unspecified atom stereocenters. The van der Waals surface area contributed by atoms with Gasteiger partial charge in [-0.3, -0.25) is 19.8 Å². The van der Waals surface area contributed by atoms with Crippen molar-refractivity contribution in [2.24, 2.45) is 0 Å². The molecule has 138 valence electrons. The third kappa shape index (κ3) is 4.36. The lowest BCUT2D eigenvalue weighted by Crippen LogP contribution is -2.58. The highest BCUT2D eigenvalue weighted by Gasteiger charge is 2.34. The van der Waals surface area contributed by atoms with E-state index in [9.17, 15) is 9.59 Å². The van der Waals surface area contributed by atoms with Gasteiger partial charge in [0.15, 0.2) is 0 Å². The number of carbonyl (C=O) groups is 2. The van der Waals surface area contributed by atoms with Crippen molar-refractivity contribution in [1.29, 1.82) is 0 Å². The lowest BCUT2D eigenvalue weighted by molar-refractivity contribution is -0.141. The Hall–Kier alpha value is -1.54. The van der Waals surface area contributed by atoms with Crippen LogP contribution in [0.15, 0.2) is 0 Å². The van der Waals surface area contributed by atoms with Gasteiger partial charge in [0.05, 0.1) is 12.6 Å². The second-order valence-corrected chi connectivity index (χ2v) is 7.93. The summed E-state index contributed by atoms with van der Waals surface area (Å²) in [4.78, 5) is 29.0. The van der Waals surface area contributed by atoms with E-state index in [4.69, 9.17) is 0 Å². The molecule has 2 fully saturated rings. The molecule has 0 bridgehead atoms. The van der Waals surface area contributed by atoms with E-state index in [-0.39, 0.29) is 17.9 Å². The van der Waals surface area contributed by atoms with Crippen LogP contribution < -0.4 is 5.32 Å². The SMILES string of the molecule is CCc1nnc(NC(=O)[C@@H](C)N2CCN(C3CCCCC3)C(=O)C2)s1. The Kier molecular flexibility index (Phi) is 6.01. The fourth-order valence-corrected chi connectivity index (χ4v) is 4.32. The number of rotatable bonds is 5. The number of anilines is 1. The molecule has 1 N–H and O–H groups in total. The van der Waals surface area contributed by atoms with Crippen molar-refractivity contribution in [3.8, 4) is 0 Å². The predicted molar refractivity (Wildman–Crippen MR) is 97.5 cm³/mol. The zero-order valence-electron chi connectivity index (χ0n) is 15.0. The minimum Gasteiger partial charge on any atom is -0.337 e. The molecular formula is C17H27N5O2S. The number of nitrogens with one attached hydrogen (secondary N) is 1. The van der Waals surface area contributed by atoms with Crippen molar-refractivity contribution in [3.63, 3.8) is 0 Å². The van der Waals surface area contributed by atoms with Crippen LogP contribution in [0.25, 0.3) is 0 Å². The van der Waals surface area contributed by atoms with Crippen molar-refractivity contribution >= 4 is 28.3 Å². The Morgan fingerprint density at radius 1 is 1.28 bits per heavy atom. The molecule has 1 aliphatic heterocycles. The predicted octanol–water partition coefficient (Wildman–Crippen LogP) is 1.90. The Morgan fingerprint density at radius 3 is 2.68 bits per heavy atom. The van der Waals surface area contributed by atoms with Crippen molar-refractivity contribution in [3.05, 3.63) is 5.01 Å². The van der Waals surface area contributed by atoms with E-state index < -0.39 is 0 Å². The first-order valence-electron chi connectivity index (χ1n) is 9.25. The summed E-state index contributed by atoms with van der Waals surface area (Å²) in [5.74, 6) is 0.0275. The monoisotopic (exact) mass is 365 g/mol. The normalized spacial score (nSPS) is 21.4. The molecule has 1 aromatic rings. The molecule has 3 rings (SSSR count). The van der Waals surface area contributed by atoms with E-state index in [2.05, 4.69) is 15.5 Å². The standard InChI is InChI=1S/C17H27N5O2S/c1-3-14-19-20-17(25-14)18-16(24)12(2)21-9-10-22(15(23)11-21)13-7-5-4-6-8-13/h12-13H,3-11H2,1-2H3,(H,18,20,24)/t12-/m1/s1. The maximum atomic E-state index is 12.6. The smallest absolute Gasteiger partial charge is 0.243 e. The van der Waals surface area contributed by atoms with Gasteiger partial charge in [-0.15, -0.1) is 10.2 Å². The van der Waals surface area contributed by atoms with Gasteiger partial charge in [-0.25, -0.2) is 0 Å². The summed E-state index contributed by atoms with van der Waals surface area (Å²) in [6.45, 7) is 5.64. The van der Waals surface area contributed by atoms with E-state index >= 15 is 0 Å². The summed E-state index contributed by atoms with van der Waals surface area (Å²) >= 11 is 1.40. The minimum absolute atomic E-state index is 0.127. The van der Waals surface area contributed by atoms with E-state index in [1.165, 1.54) is 30.6 Å². The first-order chi connectivity index (χ1) is 12.1. The van der Waals surface area contributed by atoms with Crippen molar-refractivity contribution in [1.82, 2.24) is 20.0 Å². The highest BCUT2D eigenvalue weighted by Crippen LogP contribution is 2.24. The summed E-state index contributed by atoms with van der Waals surface area (Å²) in [5, 5.41) is 12.3. The van der Waals surface area contributed by atoms with Gasteiger partial charge in [-0.2, -0.15) is 0 Å². The molecule has 2 amide bonds. The number of carbonyl (C=O) groups excluding carboxylic acids is 2. The summed E-state index contributed by atoms with van der Waals surface area (Å²) in [7, 11) is 0. The Bertz CT molecular complexity index is 614. The first-order valence-corrected chi connectivity index (χ1v) is 10.1. The lowest BCUT2D eigenvalue weighted by Gasteiger charge is -2.41. The van der Waals surface area contributed by atoms with E-state index in [0.29, 0.717) is 17.7 Å². The number of hydrogen-bond donors (Lipinski definition) is 1. The van der Waals surface area contributed by atoms with E-state index in [1.807, 2.05) is 23.6 Å². The largest absolute Gasteiger partial charge is 0.337 e. The third-order valence-corrected chi connectivity index (χ3v) is 6.21. The van der Waals surface area contributed by atoms with Gasteiger partial charge in [0.25, 0.3) is 0 Å². The minimum atomic E-state index is -0.355. The molecule has 0 aromatic carbocycles. The van der Waals surface area contributed by atoms with Crippen LogP contribution in [0.1, 0.15) is 51.0 Å². The molecule has 1 aromatic heterocycles. The lowest BCUT2D eigenvalue weighted by atomic mass is 9.93. The fourth-order valence-electron chi connectivity index (χ4n) is 3.64. The average Bonchev–Trinajstić information content (AvgIpc) is 3.09. The maximum Gasteiger partial charge on any atom is 0.243 e. The molecule has 0 radical (unpaired) electrons.